The Morgan fingerprint density at radius 1 is 0.562 bits per heavy atom. The molecule has 156 valence electrons. The number of benzene rings is 2. The first-order chi connectivity index (χ1) is 15.4. The molecule has 2 aromatic carbocycles. The van der Waals surface area contributed by atoms with Gasteiger partial charge in [0.25, 0.3) is 0 Å². The molecule has 5 rings (SSSR count). The summed E-state index contributed by atoms with van der Waals surface area (Å²) in [5.41, 5.74) is -4.34. The molecule has 0 saturated carbocycles. The van der Waals surface area contributed by atoms with Crippen LogP contribution in [0.3, 0.4) is 0 Å². The van der Waals surface area contributed by atoms with E-state index in [9.17, 15) is 29.4 Å². The molecule has 0 radical (unpaired) electrons. The van der Waals surface area contributed by atoms with Crippen LogP contribution in [-0.4, -0.2) is 21.8 Å². The Hall–Kier alpha value is -4.72. The molecule has 0 atom stereocenters. The first-order valence-corrected chi connectivity index (χ1v) is 9.40. The highest BCUT2D eigenvalue weighted by atomic mass is 16.4. The fraction of sp³-hybridized carbons (Fsp3) is 0. The Balaban J connectivity index is 1.95. The van der Waals surface area contributed by atoms with Gasteiger partial charge in [0.15, 0.2) is 11.6 Å². The lowest BCUT2D eigenvalue weighted by atomic mass is 9.85. The molecule has 0 fully saturated rings. The van der Waals surface area contributed by atoms with Crippen LogP contribution in [0.2, 0.25) is 0 Å². The highest BCUT2D eigenvalue weighted by molar-refractivity contribution is 6.49. The second kappa shape index (κ2) is 6.92. The molecule has 0 saturated heterocycles. The molecule has 32 heavy (non-hydrogen) atoms. The number of fused-ring (bicyclic) bond motifs is 2. The minimum atomic E-state index is -1.09. The highest BCUT2D eigenvalue weighted by Gasteiger charge is 2.34. The number of allylic oxidation sites excluding steroid dienone is 4. The van der Waals surface area contributed by atoms with Crippen LogP contribution in [-0.2, 0) is 9.59 Å². The molecule has 0 unspecified atom stereocenters. The van der Waals surface area contributed by atoms with Crippen LogP contribution in [0.25, 0.3) is 33.1 Å². The third-order valence-corrected chi connectivity index (χ3v) is 5.20. The van der Waals surface area contributed by atoms with E-state index < -0.39 is 56.6 Å². The van der Waals surface area contributed by atoms with Crippen LogP contribution in [0.4, 0.5) is 0 Å². The van der Waals surface area contributed by atoms with Gasteiger partial charge in [-0.2, -0.15) is 0 Å². The zero-order valence-corrected chi connectivity index (χ0v) is 16.1. The SMILES string of the molecule is O=C1C=CC(=O)C(c2c(O)c3ccccc3oc2=O)=C1c1c(O)c2ccccc2oc1=O. The number of ketones is 2. The van der Waals surface area contributed by atoms with E-state index in [1.165, 1.54) is 24.3 Å². The van der Waals surface area contributed by atoms with Gasteiger partial charge in [-0.3, -0.25) is 9.59 Å². The lowest BCUT2D eigenvalue weighted by Gasteiger charge is -2.16. The van der Waals surface area contributed by atoms with Crippen molar-refractivity contribution in [3.8, 4) is 11.5 Å². The van der Waals surface area contributed by atoms with Crippen LogP contribution in [0.1, 0.15) is 11.1 Å². The maximum absolute atomic E-state index is 12.8. The van der Waals surface area contributed by atoms with E-state index in [-0.39, 0.29) is 21.9 Å². The molecule has 2 heterocycles. The van der Waals surface area contributed by atoms with Crippen molar-refractivity contribution in [2.75, 3.05) is 0 Å². The van der Waals surface area contributed by atoms with E-state index in [4.69, 9.17) is 8.83 Å². The van der Waals surface area contributed by atoms with E-state index in [0.29, 0.717) is 0 Å². The average Bonchev–Trinajstić information content (AvgIpc) is 2.77. The van der Waals surface area contributed by atoms with Gasteiger partial charge in [-0.05, 0) is 36.4 Å². The number of rotatable bonds is 2. The molecule has 1 aliphatic carbocycles. The predicted molar refractivity (Wildman–Crippen MR) is 114 cm³/mol. The quantitative estimate of drug-likeness (QED) is 0.368. The molecule has 0 aliphatic heterocycles. The second-order valence-corrected chi connectivity index (χ2v) is 7.03. The molecular weight excluding hydrogens is 416 g/mol. The van der Waals surface area contributed by atoms with Crippen LogP contribution < -0.4 is 11.3 Å². The van der Waals surface area contributed by atoms with Crippen LogP contribution in [0.15, 0.2) is 79.1 Å². The Labute approximate surface area is 178 Å². The Bertz CT molecular complexity index is 1540. The van der Waals surface area contributed by atoms with Gasteiger partial charge in [-0.1, -0.05) is 24.3 Å². The van der Waals surface area contributed by atoms with E-state index >= 15 is 0 Å². The summed E-state index contributed by atoms with van der Waals surface area (Å²) in [6, 6.07) is 12.2. The summed E-state index contributed by atoms with van der Waals surface area (Å²) in [5.74, 6) is -2.84. The lowest BCUT2D eigenvalue weighted by Crippen LogP contribution is -2.21. The maximum atomic E-state index is 12.8. The molecule has 0 amide bonds. The summed E-state index contributed by atoms with van der Waals surface area (Å²) in [5, 5.41) is 21.9. The molecule has 8 nitrogen and oxygen atoms in total. The van der Waals surface area contributed by atoms with Crippen molar-refractivity contribution in [3.63, 3.8) is 0 Å². The number of hydrogen-bond donors (Lipinski definition) is 2. The van der Waals surface area contributed by atoms with Gasteiger partial charge in [0.1, 0.15) is 33.8 Å². The van der Waals surface area contributed by atoms with Crippen LogP contribution in [0.5, 0.6) is 11.5 Å². The van der Waals surface area contributed by atoms with Crippen molar-refractivity contribution < 1.29 is 28.6 Å². The summed E-state index contributed by atoms with van der Waals surface area (Å²) in [6.45, 7) is 0. The Morgan fingerprint density at radius 2 is 0.938 bits per heavy atom. The molecular formula is C24H12O8. The minimum Gasteiger partial charge on any atom is -0.506 e. The van der Waals surface area contributed by atoms with E-state index in [2.05, 4.69) is 0 Å². The monoisotopic (exact) mass is 428 g/mol. The molecule has 0 bridgehead atoms. The molecule has 2 aromatic heterocycles. The first-order valence-electron chi connectivity index (χ1n) is 9.40. The van der Waals surface area contributed by atoms with Gasteiger partial charge in [0.2, 0.25) is 0 Å². The third-order valence-electron chi connectivity index (χ3n) is 5.20. The number of aromatic hydroxyl groups is 2. The Morgan fingerprint density at radius 3 is 1.34 bits per heavy atom. The van der Waals surface area contributed by atoms with Crippen molar-refractivity contribution in [1.29, 1.82) is 0 Å². The van der Waals surface area contributed by atoms with Crippen molar-refractivity contribution >= 4 is 44.7 Å². The van der Waals surface area contributed by atoms with Gasteiger partial charge < -0.3 is 19.0 Å². The van der Waals surface area contributed by atoms with Gasteiger partial charge in [-0.25, -0.2) is 9.59 Å². The average molecular weight is 428 g/mol. The van der Waals surface area contributed by atoms with Gasteiger partial charge in [-0.15, -0.1) is 0 Å². The topological polar surface area (TPSA) is 135 Å². The fourth-order valence-corrected chi connectivity index (χ4v) is 3.77. The Kier molecular flexibility index (Phi) is 4.16. The smallest absolute Gasteiger partial charge is 0.348 e. The molecule has 0 spiro atoms. The fourth-order valence-electron chi connectivity index (χ4n) is 3.77. The number of hydrogen-bond acceptors (Lipinski definition) is 8. The second-order valence-electron chi connectivity index (χ2n) is 7.03. The van der Waals surface area contributed by atoms with E-state index in [0.717, 1.165) is 12.2 Å². The predicted octanol–water partition coefficient (Wildman–Crippen LogP) is 2.93. The number of carbonyl (C=O) groups is 2. The summed E-state index contributed by atoms with van der Waals surface area (Å²) >= 11 is 0. The number of carbonyl (C=O) groups excluding carboxylic acids is 2. The maximum Gasteiger partial charge on any atom is 0.348 e. The minimum absolute atomic E-state index is 0.0686. The first kappa shape index (κ1) is 19.3. The van der Waals surface area contributed by atoms with Gasteiger partial charge in [0.05, 0.1) is 21.9 Å². The van der Waals surface area contributed by atoms with Crippen molar-refractivity contribution in [2.24, 2.45) is 0 Å². The molecule has 2 N–H and O–H groups in total. The summed E-state index contributed by atoms with van der Waals surface area (Å²) < 4.78 is 10.4. The van der Waals surface area contributed by atoms with E-state index in [1.54, 1.807) is 24.3 Å². The van der Waals surface area contributed by atoms with Crippen molar-refractivity contribution in [3.05, 3.63) is 92.7 Å². The van der Waals surface area contributed by atoms with Crippen molar-refractivity contribution in [1.82, 2.24) is 0 Å². The number of para-hydroxylation sites is 2. The molecule has 4 aromatic rings. The highest BCUT2D eigenvalue weighted by Crippen LogP contribution is 2.39. The summed E-state index contributed by atoms with van der Waals surface area (Å²) in [4.78, 5) is 51.2. The van der Waals surface area contributed by atoms with E-state index in [1.807, 2.05) is 0 Å². The zero-order valence-electron chi connectivity index (χ0n) is 16.1. The zero-order chi connectivity index (χ0) is 22.6. The van der Waals surface area contributed by atoms with Crippen LogP contribution >= 0.6 is 0 Å². The molecule has 1 aliphatic rings. The van der Waals surface area contributed by atoms with Gasteiger partial charge >= 0.3 is 11.3 Å². The third kappa shape index (κ3) is 2.70. The van der Waals surface area contributed by atoms with Crippen LogP contribution in [0, 0.1) is 0 Å². The molecule has 8 heteroatoms. The summed E-state index contributed by atoms with van der Waals surface area (Å²) in [6.07, 6.45) is 1.82. The largest absolute Gasteiger partial charge is 0.506 e. The van der Waals surface area contributed by atoms with Crippen molar-refractivity contribution in [2.45, 2.75) is 0 Å². The lowest BCUT2D eigenvalue weighted by molar-refractivity contribution is -0.112. The van der Waals surface area contributed by atoms with Gasteiger partial charge in [0, 0.05) is 0 Å². The normalized spacial score (nSPS) is 14.0. The summed E-state index contributed by atoms with van der Waals surface area (Å²) in [7, 11) is 0. The standard InChI is InChI=1S/C24H12O8/c25-13-9-10-14(26)18(20-22(28)12-6-2-4-8-16(12)32-24(20)30)17(13)19-21(27)11-5-1-3-7-15(11)31-23(19)29/h1-10,27-28H.